The second kappa shape index (κ2) is 7.40. The van der Waals surface area contributed by atoms with Gasteiger partial charge in [-0.05, 0) is 31.0 Å². The van der Waals surface area contributed by atoms with Gasteiger partial charge in [-0.15, -0.1) is 11.3 Å². The van der Waals surface area contributed by atoms with Crippen molar-refractivity contribution in [2.24, 2.45) is 0 Å². The molecule has 5 nitrogen and oxygen atoms in total. The van der Waals surface area contributed by atoms with Gasteiger partial charge in [-0.1, -0.05) is 23.5 Å². The highest BCUT2D eigenvalue weighted by Gasteiger charge is 2.29. The summed E-state index contributed by atoms with van der Waals surface area (Å²) in [6.45, 7) is 0.937. The first-order valence-electron chi connectivity index (χ1n) is 9.13. The number of amides is 1. The van der Waals surface area contributed by atoms with Gasteiger partial charge < -0.3 is 4.74 Å². The van der Waals surface area contributed by atoms with Crippen LogP contribution in [0.2, 0.25) is 0 Å². The number of halogens is 2. The molecule has 29 heavy (non-hydrogen) atoms. The third kappa shape index (κ3) is 3.50. The zero-order valence-corrected chi connectivity index (χ0v) is 16.7. The molecule has 2 aromatic carbocycles. The minimum absolute atomic E-state index is 0.0563. The lowest BCUT2D eigenvalue weighted by atomic mass is 10.2. The minimum atomic E-state index is -0.744. The van der Waals surface area contributed by atoms with Gasteiger partial charge >= 0.3 is 0 Å². The normalized spacial score (nSPS) is 16.7. The van der Waals surface area contributed by atoms with Crippen LogP contribution in [-0.4, -0.2) is 35.1 Å². The topological polar surface area (TPSA) is 55.3 Å². The van der Waals surface area contributed by atoms with Crippen LogP contribution in [0.4, 0.5) is 13.9 Å². The van der Waals surface area contributed by atoms with Crippen molar-refractivity contribution in [2.75, 3.05) is 18.1 Å². The lowest BCUT2D eigenvalue weighted by Gasteiger charge is -2.22. The SMILES string of the molecule is O=C(c1nc2ccccc2s1)N(CC1CCCO1)c1nc2c(F)cc(F)cc2s1. The Morgan fingerprint density at radius 2 is 2.03 bits per heavy atom. The number of benzene rings is 2. The molecule has 1 atom stereocenters. The molecule has 0 N–H and O–H groups in total. The monoisotopic (exact) mass is 431 g/mol. The Hall–Kier alpha value is -2.49. The highest BCUT2D eigenvalue weighted by molar-refractivity contribution is 7.23. The zero-order valence-electron chi connectivity index (χ0n) is 15.1. The fraction of sp³-hybridized carbons (Fsp3) is 0.250. The Balaban J connectivity index is 1.57. The number of thiazole rings is 2. The summed E-state index contributed by atoms with van der Waals surface area (Å²) < 4.78 is 34.7. The summed E-state index contributed by atoms with van der Waals surface area (Å²) in [7, 11) is 0. The molecule has 1 fully saturated rings. The average Bonchev–Trinajstić information content (AvgIpc) is 3.44. The summed E-state index contributed by atoms with van der Waals surface area (Å²) in [5, 5.41) is 0.638. The predicted octanol–water partition coefficient (Wildman–Crippen LogP) is 5.01. The van der Waals surface area contributed by atoms with Gasteiger partial charge in [0.2, 0.25) is 0 Å². The van der Waals surface area contributed by atoms with Crippen LogP contribution >= 0.6 is 22.7 Å². The highest BCUT2D eigenvalue weighted by Crippen LogP contribution is 2.33. The Morgan fingerprint density at radius 1 is 1.17 bits per heavy atom. The third-order valence-corrected chi connectivity index (χ3v) is 6.81. The fourth-order valence-electron chi connectivity index (χ4n) is 3.38. The van der Waals surface area contributed by atoms with Crippen LogP contribution in [0.5, 0.6) is 0 Å². The smallest absolute Gasteiger partial charge is 0.289 e. The first kappa shape index (κ1) is 18.5. The van der Waals surface area contributed by atoms with Crippen molar-refractivity contribution < 1.29 is 18.3 Å². The molecule has 1 amide bonds. The van der Waals surface area contributed by atoms with E-state index in [-0.39, 0.29) is 17.5 Å². The highest BCUT2D eigenvalue weighted by atomic mass is 32.1. The molecule has 1 saturated heterocycles. The molecular formula is C20H15F2N3O2S2. The Labute approximate surface area is 172 Å². The second-order valence-electron chi connectivity index (χ2n) is 6.77. The molecule has 0 saturated carbocycles. The van der Waals surface area contributed by atoms with E-state index >= 15 is 0 Å². The van der Waals surface area contributed by atoms with E-state index in [1.54, 1.807) is 0 Å². The number of carbonyl (C=O) groups excluding carboxylic acids is 1. The number of nitrogens with zero attached hydrogens (tertiary/aromatic N) is 3. The van der Waals surface area contributed by atoms with Gasteiger partial charge in [-0.25, -0.2) is 18.7 Å². The Bertz CT molecular complexity index is 1180. The summed E-state index contributed by atoms with van der Waals surface area (Å²) in [5.74, 6) is -1.73. The molecule has 1 aliphatic heterocycles. The van der Waals surface area contributed by atoms with Crippen molar-refractivity contribution in [3.05, 3.63) is 53.0 Å². The number of carbonyl (C=O) groups is 1. The molecule has 0 bridgehead atoms. The number of aromatic nitrogens is 2. The number of para-hydroxylation sites is 1. The molecule has 0 radical (unpaired) electrons. The summed E-state index contributed by atoms with van der Waals surface area (Å²) in [6.07, 6.45) is 1.63. The van der Waals surface area contributed by atoms with Gasteiger partial charge in [0, 0.05) is 12.7 Å². The van der Waals surface area contributed by atoms with E-state index in [1.807, 2.05) is 24.3 Å². The summed E-state index contributed by atoms with van der Waals surface area (Å²) in [5.41, 5.74) is 0.802. The van der Waals surface area contributed by atoms with Crippen molar-refractivity contribution >= 4 is 54.1 Å². The van der Waals surface area contributed by atoms with Gasteiger partial charge in [0.1, 0.15) is 11.3 Å². The third-order valence-electron chi connectivity index (χ3n) is 4.76. The van der Waals surface area contributed by atoms with Crippen LogP contribution in [0.25, 0.3) is 20.4 Å². The van der Waals surface area contributed by atoms with Crippen LogP contribution in [0.3, 0.4) is 0 Å². The van der Waals surface area contributed by atoms with E-state index in [9.17, 15) is 13.6 Å². The standard InChI is InChI=1S/C20H15F2N3O2S2/c21-11-8-13(22)17-16(9-11)29-20(24-17)25(10-12-4-3-7-27-12)19(26)18-23-14-5-1-2-6-15(14)28-18/h1-2,5-6,8-9,12H,3-4,7,10H2. The van der Waals surface area contributed by atoms with E-state index < -0.39 is 11.6 Å². The molecule has 0 spiro atoms. The zero-order chi connectivity index (χ0) is 20.0. The molecule has 148 valence electrons. The van der Waals surface area contributed by atoms with Crippen LogP contribution in [0.1, 0.15) is 22.6 Å². The molecule has 5 rings (SSSR count). The van der Waals surface area contributed by atoms with Gasteiger partial charge in [0.15, 0.2) is 16.0 Å². The lowest BCUT2D eigenvalue weighted by Crippen LogP contribution is -2.37. The van der Waals surface area contributed by atoms with Crippen LogP contribution in [-0.2, 0) is 4.74 Å². The predicted molar refractivity (Wildman–Crippen MR) is 110 cm³/mol. The maximum absolute atomic E-state index is 14.2. The molecule has 9 heteroatoms. The number of fused-ring (bicyclic) bond motifs is 2. The maximum atomic E-state index is 14.2. The quantitative estimate of drug-likeness (QED) is 0.456. The number of anilines is 1. The largest absolute Gasteiger partial charge is 0.376 e. The van der Waals surface area contributed by atoms with Crippen molar-refractivity contribution in [1.82, 2.24) is 9.97 Å². The molecule has 1 aliphatic rings. The van der Waals surface area contributed by atoms with Crippen LogP contribution < -0.4 is 4.90 Å². The number of rotatable bonds is 4. The number of ether oxygens (including phenoxy) is 1. The van der Waals surface area contributed by atoms with Crippen molar-refractivity contribution in [3.8, 4) is 0 Å². The van der Waals surface area contributed by atoms with E-state index in [0.29, 0.717) is 28.0 Å². The Morgan fingerprint density at radius 3 is 2.83 bits per heavy atom. The summed E-state index contributed by atoms with van der Waals surface area (Å²) in [4.78, 5) is 23.6. The van der Waals surface area contributed by atoms with Crippen molar-refractivity contribution in [2.45, 2.75) is 18.9 Å². The van der Waals surface area contributed by atoms with E-state index in [0.717, 1.165) is 40.5 Å². The van der Waals surface area contributed by atoms with Gasteiger partial charge in [-0.2, -0.15) is 0 Å². The van der Waals surface area contributed by atoms with Gasteiger partial charge in [0.05, 0.1) is 27.6 Å². The first-order chi connectivity index (χ1) is 14.1. The number of hydrogen-bond acceptors (Lipinski definition) is 6. The Kier molecular flexibility index (Phi) is 4.73. The molecule has 3 heterocycles. The minimum Gasteiger partial charge on any atom is -0.376 e. The van der Waals surface area contributed by atoms with E-state index in [1.165, 1.54) is 22.3 Å². The maximum Gasteiger partial charge on any atom is 0.289 e. The molecular weight excluding hydrogens is 416 g/mol. The first-order valence-corrected chi connectivity index (χ1v) is 10.8. The van der Waals surface area contributed by atoms with Crippen molar-refractivity contribution in [1.29, 1.82) is 0 Å². The lowest BCUT2D eigenvalue weighted by molar-refractivity contribution is 0.0917. The second-order valence-corrected chi connectivity index (χ2v) is 8.81. The fourth-order valence-corrected chi connectivity index (χ4v) is 5.31. The number of hydrogen-bond donors (Lipinski definition) is 0. The van der Waals surface area contributed by atoms with E-state index in [2.05, 4.69) is 9.97 Å². The molecule has 1 unspecified atom stereocenters. The summed E-state index contributed by atoms with van der Waals surface area (Å²) in [6, 6.07) is 9.54. The van der Waals surface area contributed by atoms with Gasteiger partial charge in [-0.3, -0.25) is 9.69 Å². The average molecular weight is 431 g/mol. The van der Waals surface area contributed by atoms with Crippen LogP contribution in [0, 0.1) is 11.6 Å². The summed E-state index contributed by atoms with van der Waals surface area (Å²) >= 11 is 2.38. The van der Waals surface area contributed by atoms with Gasteiger partial charge in [0.25, 0.3) is 5.91 Å². The van der Waals surface area contributed by atoms with E-state index in [4.69, 9.17) is 4.74 Å². The molecule has 4 aromatic rings. The molecule has 2 aromatic heterocycles. The van der Waals surface area contributed by atoms with Crippen LogP contribution in [0.15, 0.2) is 36.4 Å². The molecule has 0 aliphatic carbocycles. The van der Waals surface area contributed by atoms with Crippen molar-refractivity contribution in [3.63, 3.8) is 0 Å².